The Morgan fingerprint density at radius 1 is 1.19 bits per heavy atom. The van der Waals surface area contributed by atoms with Crippen LogP contribution in [-0.2, 0) is 6.54 Å². The molecule has 0 amide bonds. The van der Waals surface area contributed by atoms with Gasteiger partial charge in [0.15, 0.2) is 0 Å². The van der Waals surface area contributed by atoms with Crippen molar-refractivity contribution in [2.75, 3.05) is 19.7 Å². The molecule has 0 aliphatic heterocycles. The molecule has 2 rings (SSSR count). The lowest BCUT2D eigenvalue weighted by atomic mass is 10.1. The molecule has 0 aliphatic rings. The lowest BCUT2D eigenvalue weighted by Gasteiger charge is -2.23. The van der Waals surface area contributed by atoms with E-state index in [9.17, 15) is 17.6 Å². The number of halogens is 4. The minimum Gasteiger partial charge on any atom is -0.395 e. The molecule has 1 aromatic heterocycles. The molecule has 0 unspecified atom stereocenters. The van der Waals surface area contributed by atoms with Crippen LogP contribution < -0.4 is 0 Å². The van der Waals surface area contributed by atoms with Crippen molar-refractivity contribution in [1.82, 2.24) is 9.88 Å². The Bertz CT molecular complexity index is 615. The van der Waals surface area contributed by atoms with Crippen LogP contribution in [-0.4, -0.2) is 40.9 Å². The van der Waals surface area contributed by atoms with Crippen molar-refractivity contribution in [3.8, 4) is 0 Å². The monoisotopic (exact) mass is 302 g/mol. The van der Waals surface area contributed by atoms with Crippen LogP contribution in [0, 0.1) is 5.82 Å². The number of fused-ring (bicyclic) bond motifs is 1. The first-order chi connectivity index (χ1) is 9.90. The van der Waals surface area contributed by atoms with Gasteiger partial charge in [0.05, 0.1) is 18.7 Å². The highest BCUT2D eigenvalue weighted by Gasteiger charge is 2.30. The summed E-state index contributed by atoms with van der Waals surface area (Å²) >= 11 is 0. The standard InChI is InChI=1S/C14H14F4N2O/c15-12-4-3-10(13-11(12)2-1-5-19-13)8-20(6-7-21)9-14(16,17)18/h1-5,21H,6-9H2. The zero-order valence-electron chi connectivity index (χ0n) is 11.1. The Hall–Kier alpha value is -1.73. The van der Waals surface area contributed by atoms with Gasteiger partial charge < -0.3 is 5.11 Å². The highest BCUT2D eigenvalue weighted by molar-refractivity contribution is 5.82. The fraction of sp³-hybridized carbons (Fsp3) is 0.357. The van der Waals surface area contributed by atoms with Crippen molar-refractivity contribution < 1.29 is 22.7 Å². The number of aliphatic hydroxyl groups is 1. The molecule has 7 heteroatoms. The zero-order chi connectivity index (χ0) is 15.5. The predicted octanol–water partition coefficient (Wildman–Crippen LogP) is 2.73. The van der Waals surface area contributed by atoms with E-state index >= 15 is 0 Å². The molecular formula is C14H14F4N2O. The van der Waals surface area contributed by atoms with Crippen LogP contribution in [0.2, 0.25) is 0 Å². The van der Waals surface area contributed by atoms with Gasteiger partial charge in [-0.1, -0.05) is 6.07 Å². The van der Waals surface area contributed by atoms with Gasteiger partial charge >= 0.3 is 6.18 Å². The third-order valence-electron chi connectivity index (χ3n) is 3.01. The number of pyridine rings is 1. The topological polar surface area (TPSA) is 36.4 Å². The van der Waals surface area contributed by atoms with E-state index in [-0.39, 0.29) is 25.1 Å². The summed E-state index contributed by atoms with van der Waals surface area (Å²) < 4.78 is 51.2. The van der Waals surface area contributed by atoms with Crippen molar-refractivity contribution in [3.63, 3.8) is 0 Å². The van der Waals surface area contributed by atoms with Gasteiger partial charge in [-0.05, 0) is 23.8 Å². The van der Waals surface area contributed by atoms with Gasteiger partial charge in [0, 0.05) is 24.7 Å². The first-order valence-corrected chi connectivity index (χ1v) is 6.33. The van der Waals surface area contributed by atoms with Crippen molar-refractivity contribution in [2.45, 2.75) is 12.7 Å². The van der Waals surface area contributed by atoms with Gasteiger partial charge in [-0.15, -0.1) is 0 Å². The molecule has 0 fully saturated rings. The third-order valence-corrected chi connectivity index (χ3v) is 3.01. The summed E-state index contributed by atoms with van der Waals surface area (Å²) in [5.74, 6) is -0.466. The van der Waals surface area contributed by atoms with E-state index in [0.717, 1.165) is 4.90 Å². The van der Waals surface area contributed by atoms with Gasteiger partial charge in [0.1, 0.15) is 5.82 Å². The molecule has 114 valence electrons. The summed E-state index contributed by atoms with van der Waals surface area (Å²) in [5.41, 5.74) is 0.826. The van der Waals surface area contributed by atoms with E-state index in [1.165, 1.54) is 24.4 Å². The molecule has 0 saturated carbocycles. The predicted molar refractivity (Wildman–Crippen MR) is 70.1 cm³/mol. The van der Waals surface area contributed by atoms with E-state index in [1.54, 1.807) is 6.07 Å². The minimum absolute atomic E-state index is 0.0616. The number of benzene rings is 1. The van der Waals surface area contributed by atoms with Crippen LogP contribution in [0.4, 0.5) is 17.6 Å². The number of hydrogen-bond donors (Lipinski definition) is 1. The zero-order valence-corrected chi connectivity index (χ0v) is 11.1. The van der Waals surface area contributed by atoms with Crippen LogP contribution in [0.1, 0.15) is 5.56 Å². The molecule has 21 heavy (non-hydrogen) atoms. The van der Waals surface area contributed by atoms with Gasteiger partial charge in [-0.25, -0.2) is 4.39 Å². The number of rotatable bonds is 5. The van der Waals surface area contributed by atoms with Crippen molar-refractivity contribution in [2.24, 2.45) is 0 Å². The summed E-state index contributed by atoms with van der Waals surface area (Å²) in [4.78, 5) is 5.10. The Balaban J connectivity index is 2.30. The van der Waals surface area contributed by atoms with Crippen LogP contribution in [0.15, 0.2) is 30.5 Å². The molecule has 1 N–H and O–H groups in total. The molecule has 0 saturated heterocycles. The Morgan fingerprint density at radius 2 is 1.95 bits per heavy atom. The summed E-state index contributed by atoms with van der Waals surface area (Å²) in [6.07, 6.45) is -2.90. The van der Waals surface area contributed by atoms with Gasteiger partial charge in [-0.3, -0.25) is 9.88 Å². The number of aromatic nitrogens is 1. The molecule has 1 aromatic carbocycles. The second-order valence-electron chi connectivity index (χ2n) is 4.66. The molecule has 1 heterocycles. The maximum atomic E-state index is 13.6. The lowest BCUT2D eigenvalue weighted by molar-refractivity contribution is -0.147. The maximum Gasteiger partial charge on any atom is 0.401 e. The van der Waals surface area contributed by atoms with E-state index in [1.807, 2.05) is 0 Å². The number of hydrogen-bond acceptors (Lipinski definition) is 3. The summed E-state index contributed by atoms with van der Waals surface area (Å²) in [6.45, 7) is -1.71. The van der Waals surface area contributed by atoms with Crippen LogP contribution >= 0.6 is 0 Å². The van der Waals surface area contributed by atoms with Gasteiger partial charge in [-0.2, -0.15) is 13.2 Å². The molecule has 0 spiro atoms. The highest BCUT2D eigenvalue weighted by atomic mass is 19.4. The summed E-state index contributed by atoms with van der Waals surface area (Å²) in [6, 6.07) is 5.73. The number of alkyl halides is 3. The second-order valence-corrected chi connectivity index (χ2v) is 4.66. The van der Waals surface area contributed by atoms with E-state index in [4.69, 9.17) is 5.11 Å². The fourth-order valence-corrected chi connectivity index (χ4v) is 2.17. The average molecular weight is 302 g/mol. The van der Waals surface area contributed by atoms with Crippen LogP contribution in [0.25, 0.3) is 10.9 Å². The summed E-state index contributed by atoms with van der Waals surface area (Å²) in [7, 11) is 0. The minimum atomic E-state index is -4.36. The first kappa shape index (κ1) is 15.7. The van der Waals surface area contributed by atoms with Crippen molar-refractivity contribution >= 4 is 10.9 Å². The van der Waals surface area contributed by atoms with Gasteiger partial charge in [0.25, 0.3) is 0 Å². The molecule has 3 nitrogen and oxygen atoms in total. The van der Waals surface area contributed by atoms with E-state index in [2.05, 4.69) is 4.98 Å². The van der Waals surface area contributed by atoms with E-state index < -0.39 is 18.5 Å². The smallest absolute Gasteiger partial charge is 0.395 e. The Morgan fingerprint density at radius 3 is 2.62 bits per heavy atom. The highest BCUT2D eigenvalue weighted by Crippen LogP contribution is 2.23. The molecule has 2 aromatic rings. The molecule has 0 bridgehead atoms. The summed E-state index contributed by atoms with van der Waals surface area (Å²) in [5, 5.41) is 9.15. The second kappa shape index (κ2) is 6.36. The SMILES string of the molecule is OCCN(Cc1ccc(F)c2cccnc12)CC(F)(F)F. The molecule has 0 aliphatic carbocycles. The first-order valence-electron chi connectivity index (χ1n) is 6.33. The maximum absolute atomic E-state index is 13.6. The molecule has 0 radical (unpaired) electrons. The Labute approximate surface area is 118 Å². The largest absolute Gasteiger partial charge is 0.401 e. The van der Waals surface area contributed by atoms with Crippen molar-refractivity contribution in [3.05, 3.63) is 41.8 Å². The third kappa shape index (κ3) is 4.12. The Kier molecular flexibility index (Phi) is 4.74. The number of nitrogens with zero attached hydrogens (tertiary/aromatic N) is 2. The van der Waals surface area contributed by atoms with E-state index in [0.29, 0.717) is 11.1 Å². The quantitative estimate of drug-likeness (QED) is 0.863. The molecular weight excluding hydrogens is 288 g/mol. The fourth-order valence-electron chi connectivity index (χ4n) is 2.17. The van der Waals surface area contributed by atoms with Crippen molar-refractivity contribution in [1.29, 1.82) is 0 Å². The normalized spacial score (nSPS) is 12.3. The average Bonchev–Trinajstić information content (AvgIpc) is 2.41. The lowest BCUT2D eigenvalue weighted by Crippen LogP contribution is -2.35. The van der Waals surface area contributed by atoms with Crippen LogP contribution in [0.5, 0.6) is 0 Å². The van der Waals surface area contributed by atoms with Gasteiger partial charge in [0.2, 0.25) is 0 Å². The molecule has 0 atom stereocenters. The van der Waals surface area contributed by atoms with Crippen LogP contribution in [0.3, 0.4) is 0 Å². The number of aliphatic hydroxyl groups excluding tert-OH is 1.